The van der Waals surface area contributed by atoms with E-state index in [0.717, 1.165) is 29.3 Å². The van der Waals surface area contributed by atoms with Crippen molar-refractivity contribution in [2.45, 2.75) is 35.1 Å². The van der Waals surface area contributed by atoms with Gasteiger partial charge in [0.25, 0.3) is 0 Å². The standard InChI is InChI=1S/C19H15F6N5O4S/c20-18(21,22)10-28-17(31)34-16-7-11(9-30(16)15-5-6-27-14(8-26)29-15)35(32,33)13-4-2-1-3-12(13)19(23,24)25/h1-6,11,16H,7,9-10H2,(H,28,31)/t11-,16-/m0/s1. The highest BCUT2D eigenvalue weighted by atomic mass is 32.2. The minimum absolute atomic E-state index is 0.119. The van der Waals surface area contributed by atoms with Crippen LogP contribution in [0.25, 0.3) is 0 Å². The predicted molar refractivity (Wildman–Crippen MR) is 105 cm³/mol. The van der Waals surface area contributed by atoms with Crippen LogP contribution in [0, 0.1) is 11.3 Å². The molecule has 1 fully saturated rings. The number of nitriles is 1. The molecule has 0 saturated carbocycles. The van der Waals surface area contributed by atoms with Crippen LogP contribution >= 0.6 is 0 Å². The normalized spacial score (nSPS) is 18.7. The first kappa shape index (κ1) is 26.0. The Kier molecular flexibility index (Phi) is 7.11. The number of sulfone groups is 1. The maximum atomic E-state index is 13.4. The summed E-state index contributed by atoms with van der Waals surface area (Å²) in [5.41, 5.74) is -1.40. The SMILES string of the molecule is N#Cc1nccc(N2C[C@@H](S(=O)(=O)c3ccccc3C(F)(F)F)C[C@@H]2OC(=O)NCC(F)(F)F)n1. The zero-order chi connectivity index (χ0) is 26.0. The Morgan fingerprint density at radius 2 is 1.89 bits per heavy atom. The van der Waals surface area contributed by atoms with Crippen LogP contribution in [-0.4, -0.2) is 55.2 Å². The molecule has 0 spiro atoms. The van der Waals surface area contributed by atoms with Gasteiger partial charge in [-0.25, -0.2) is 23.2 Å². The van der Waals surface area contributed by atoms with E-state index in [1.165, 1.54) is 11.4 Å². The number of ether oxygens (including phenoxy) is 1. The Labute approximate surface area is 194 Å². The van der Waals surface area contributed by atoms with E-state index >= 15 is 0 Å². The molecule has 1 saturated heterocycles. The molecular formula is C19H15F6N5O4S. The number of carbonyl (C=O) groups excluding carboxylic acids is 1. The van der Waals surface area contributed by atoms with Gasteiger partial charge in [-0.15, -0.1) is 0 Å². The molecule has 0 unspecified atom stereocenters. The molecule has 16 heteroatoms. The molecule has 0 bridgehead atoms. The van der Waals surface area contributed by atoms with E-state index in [0.29, 0.717) is 6.07 Å². The van der Waals surface area contributed by atoms with Gasteiger partial charge in [0, 0.05) is 19.2 Å². The largest absolute Gasteiger partial charge is 0.425 e. The number of benzene rings is 1. The first-order chi connectivity index (χ1) is 16.2. The summed E-state index contributed by atoms with van der Waals surface area (Å²) in [6.45, 7) is -2.26. The fraction of sp³-hybridized carbons (Fsp3) is 0.368. The molecule has 1 aliphatic rings. The maximum Gasteiger partial charge on any atom is 0.417 e. The maximum absolute atomic E-state index is 13.4. The molecule has 9 nitrogen and oxygen atoms in total. The average molecular weight is 523 g/mol. The third-order valence-corrected chi connectivity index (χ3v) is 7.05. The third kappa shape index (κ3) is 6.10. The number of nitrogens with zero attached hydrogens (tertiary/aromatic N) is 4. The predicted octanol–water partition coefficient (Wildman–Crippen LogP) is 3.03. The number of alkyl halides is 6. The number of hydrogen-bond acceptors (Lipinski definition) is 8. The lowest BCUT2D eigenvalue weighted by molar-refractivity contribution is -0.139. The number of rotatable bonds is 5. The van der Waals surface area contributed by atoms with Crippen LogP contribution in [0.3, 0.4) is 0 Å². The van der Waals surface area contributed by atoms with Gasteiger partial charge < -0.3 is 15.0 Å². The molecule has 3 rings (SSSR count). The number of aromatic nitrogens is 2. The van der Waals surface area contributed by atoms with Crippen molar-refractivity contribution in [3.8, 4) is 6.07 Å². The number of anilines is 1. The zero-order valence-electron chi connectivity index (χ0n) is 17.3. The Morgan fingerprint density at radius 1 is 1.20 bits per heavy atom. The molecule has 2 atom stereocenters. The molecule has 2 heterocycles. The molecule has 1 aromatic heterocycles. The second-order valence-corrected chi connectivity index (χ2v) is 9.42. The number of hydrogen-bond donors (Lipinski definition) is 1. The summed E-state index contributed by atoms with van der Waals surface area (Å²) in [6.07, 6.45) is -12.3. The summed E-state index contributed by atoms with van der Waals surface area (Å²) in [4.78, 5) is 19.5. The summed E-state index contributed by atoms with van der Waals surface area (Å²) in [5, 5.41) is 8.90. The minimum atomic E-state index is -4.98. The number of nitrogens with one attached hydrogen (secondary N) is 1. The average Bonchev–Trinajstić information content (AvgIpc) is 3.21. The monoisotopic (exact) mass is 523 g/mol. The fourth-order valence-electron chi connectivity index (χ4n) is 3.37. The lowest BCUT2D eigenvalue weighted by Crippen LogP contribution is -2.40. The van der Waals surface area contributed by atoms with Crippen molar-refractivity contribution in [1.29, 1.82) is 5.26 Å². The molecule has 1 aromatic carbocycles. The van der Waals surface area contributed by atoms with Gasteiger partial charge in [0.2, 0.25) is 5.82 Å². The molecule has 1 N–H and O–H groups in total. The first-order valence-corrected chi connectivity index (χ1v) is 11.2. The second-order valence-electron chi connectivity index (χ2n) is 7.23. The van der Waals surface area contributed by atoms with Crippen molar-refractivity contribution in [3.05, 3.63) is 47.9 Å². The lowest BCUT2D eigenvalue weighted by Gasteiger charge is -2.25. The summed E-state index contributed by atoms with van der Waals surface area (Å²) >= 11 is 0. The number of halogens is 6. The zero-order valence-corrected chi connectivity index (χ0v) is 18.2. The highest BCUT2D eigenvalue weighted by Gasteiger charge is 2.46. The van der Waals surface area contributed by atoms with Crippen LogP contribution in [0.2, 0.25) is 0 Å². The van der Waals surface area contributed by atoms with E-state index in [-0.39, 0.29) is 11.6 Å². The van der Waals surface area contributed by atoms with E-state index in [9.17, 15) is 39.6 Å². The highest BCUT2D eigenvalue weighted by molar-refractivity contribution is 7.92. The summed E-state index contributed by atoms with van der Waals surface area (Å²) in [6, 6.07) is 6.36. The Morgan fingerprint density at radius 3 is 2.51 bits per heavy atom. The van der Waals surface area contributed by atoms with Gasteiger partial charge in [-0.1, -0.05) is 12.1 Å². The van der Waals surface area contributed by atoms with Crippen LogP contribution in [0.1, 0.15) is 17.8 Å². The van der Waals surface area contributed by atoms with Gasteiger partial charge >= 0.3 is 18.4 Å². The van der Waals surface area contributed by atoms with E-state index in [4.69, 9.17) is 10.00 Å². The van der Waals surface area contributed by atoms with Gasteiger partial charge in [0.15, 0.2) is 16.1 Å². The molecule has 2 aromatic rings. The molecular weight excluding hydrogens is 508 g/mol. The molecule has 1 aliphatic heterocycles. The molecule has 0 aliphatic carbocycles. The number of alkyl carbamates (subject to hydrolysis) is 1. The van der Waals surface area contributed by atoms with Crippen LogP contribution in [0.15, 0.2) is 41.4 Å². The topological polar surface area (TPSA) is 125 Å². The van der Waals surface area contributed by atoms with Crippen molar-refractivity contribution in [2.24, 2.45) is 0 Å². The summed E-state index contributed by atoms with van der Waals surface area (Å²) < 4.78 is 109. The summed E-state index contributed by atoms with van der Waals surface area (Å²) in [5.74, 6) is -0.469. The van der Waals surface area contributed by atoms with Crippen molar-refractivity contribution in [1.82, 2.24) is 15.3 Å². The van der Waals surface area contributed by atoms with Gasteiger partial charge in [0.05, 0.1) is 15.7 Å². The van der Waals surface area contributed by atoms with E-state index in [1.807, 2.05) is 0 Å². The van der Waals surface area contributed by atoms with Crippen LogP contribution < -0.4 is 10.2 Å². The van der Waals surface area contributed by atoms with Crippen molar-refractivity contribution >= 4 is 21.7 Å². The number of carbonyl (C=O) groups is 1. The smallest absolute Gasteiger partial charge is 0.417 e. The Bertz CT molecular complexity index is 1250. The molecule has 1 amide bonds. The van der Waals surface area contributed by atoms with Crippen molar-refractivity contribution in [3.63, 3.8) is 0 Å². The third-order valence-electron chi connectivity index (χ3n) is 4.86. The van der Waals surface area contributed by atoms with Crippen molar-refractivity contribution < 1.29 is 44.3 Å². The highest BCUT2D eigenvalue weighted by Crippen LogP contribution is 2.38. The Hall–Kier alpha value is -3.61. The number of amides is 1. The van der Waals surface area contributed by atoms with Gasteiger partial charge in [-0.3, -0.25) is 0 Å². The van der Waals surface area contributed by atoms with Crippen LogP contribution in [-0.2, 0) is 20.8 Å². The van der Waals surface area contributed by atoms with Gasteiger partial charge in [0.1, 0.15) is 18.4 Å². The first-order valence-electron chi connectivity index (χ1n) is 9.63. The van der Waals surface area contributed by atoms with Crippen LogP contribution in [0.4, 0.5) is 37.0 Å². The van der Waals surface area contributed by atoms with Crippen molar-refractivity contribution in [2.75, 3.05) is 18.0 Å². The molecule has 0 radical (unpaired) electrons. The van der Waals surface area contributed by atoms with Gasteiger partial charge in [-0.2, -0.15) is 31.6 Å². The fourth-order valence-corrected chi connectivity index (χ4v) is 5.26. The van der Waals surface area contributed by atoms with E-state index in [1.54, 1.807) is 6.07 Å². The van der Waals surface area contributed by atoms with Gasteiger partial charge in [-0.05, 0) is 18.2 Å². The lowest BCUT2D eigenvalue weighted by atomic mass is 10.2. The van der Waals surface area contributed by atoms with E-state index in [2.05, 4.69) is 9.97 Å². The quantitative estimate of drug-likeness (QED) is 0.593. The van der Waals surface area contributed by atoms with E-state index < -0.39 is 69.7 Å². The summed E-state index contributed by atoms with van der Waals surface area (Å²) in [7, 11) is -4.68. The molecule has 188 valence electrons. The minimum Gasteiger partial charge on any atom is -0.425 e. The molecule has 35 heavy (non-hydrogen) atoms. The Balaban J connectivity index is 1.95. The van der Waals surface area contributed by atoms with Crippen LogP contribution in [0.5, 0.6) is 0 Å². The second kappa shape index (κ2) is 9.56.